The highest BCUT2D eigenvalue weighted by atomic mass is 32.1. The topological polar surface area (TPSA) is 84.6 Å². The second-order valence-electron chi connectivity index (χ2n) is 4.69. The Labute approximate surface area is 127 Å². The minimum Gasteiger partial charge on any atom is -0.508 e. The number of nitrogens with one attached hydrogen (secondary N) is 1. The Hall–Kier alpha value is -2.05. The molecule has 0 aliphatic heterocycles. The van der Waals surface area contributed by atoms with Crippen molar-refractivity contribution in [2.24, 2.45) is 5.73 Å². The molecular weight excluding hydrogens is 288 g/mol. The summed E-state index contributed by atoms with van der Waals surface area (Å²) in [7, 11) is 1.59. The Kier molecular flexibility index (Phi) is 4.82. The summed E-state index contributed by atoms with van der Waals surface area (Å²) >= 11 is 1.48. The van der Waals surface area contributed by atoms with E-state index < -0.39 is 5.91 Å². The van der Waals surface area contributed by atoms with E-state index in [1.807, 2.05) is 6.92 Å². The van der Waals surface area contributed by atoms with Crippen LogP contribution in [0.4, 0.5) is 0 Å². The third-order valence-corrected chi connectivity index (χ3v) is 4.16. The van der Waals surface area contributed by atoms with Crippen molar-refractivity contribution < 1.29 is 14.6 Å². The van der Waals surface area contributed by atoms with Gasteiger partial charge in [-0.1, -0.05) is 0 Å². The van der Waals surface area contributed by atoms with Gasteiger partial charge in [0.2, 0.25) is 5.91 Å². The maximum atomic E-state index is 11.1. The molecule has 2 rings (SSSR count). The molecule has 6 heteroatoms. The zero-order valence-corrected chi connectivity index (χ0v) is 12.7. The maximum Gasteiger partial charge on any atom is 0.249 e. The highest BCUT2D eigenvalue weighted by molar-refractivity contribution is 7.10. The van der Waals surface area contributed by atoms with Crippen LogP contribution >= 0.6 is 11.3 Å². The van der Waals surface area contributed by atoms with E-state index in [0.29, 0.717) is 17.9 Å². The van der Waals surface area contributed by atoms with Gasteiger partial charge in [-0.2, -0.15) is 0 Å². The molecule has 1 heterocycles. The van der Waals surface area contributed by atoms with E-state index >= 15 is 0 Å². The molecule has 21 heavy (non-hydrogen) atoms. The Morgan fingerprint density at radius 2 is 2.24 bits per heavy atom. The molecular formula is C15H18N2O3S. The van der Waals surface area contributed by atoms with Crippen molar-refractivity contribution in [3.8, 4) is 11.5 Å². The molecule has 4 N–H and O–H groups in total. The lowest BCUT2D eigenvalue weighted by Crippen LogP contribution is -2.17. The summed E-state index contributed by atoms with van der Waals surface area (Å²) in [6.07, 6.45) is 0. The number of benzene rings is 1. The van der Waals surface area contributed by atoms with Crippen molar-refractivity contribution in [3.05, 3.63) is 45.6 Å². The van der Waals surface area contributed by atoms with E-state index in [2.05, 4.69) is 5.32 Å². The second-order valence-corrected chi connectivity index (χ2v) is 5.69. The van der Waals surface area contributed by atoms with E-state index in [9.17, 15) is 9.90 Å². The molecule has 0 saturated carbocycles. The van der Waals surface area contributed by atoms with E-state index in [1.54, 1.807) is 36.8 Å². The van der Waals surface area contributed by atoms with E-state index in [-0.39, 0.29) is 11.8 Å². The largest absolute Gasteiger partial charge is 0.508 e. The van der Waals surface area contributed by atoms with Crippen LogP contribution in [0.15, 0.2) is 29.6 Å². The zero-order chi connectivity index (χ0) is 15.4. The Morgan fingerprint density at radius 3 is 2.86 bits per heavy atom. The minimum absolute atomic E-state index is 0.0563. The number of carbonyl (C=O) groups is 1. The number of hydrogen-bond donors (Lipinski definition) is 3. The lowest BCUT2D eigenvalue weighted by atomic mass is 10.1. The monoisotopic (exact) mass is 306 g/mol. The summed E-state index contributed by atoms with van der Waals surface area (Å²) in [6.45, 7) is 2.55. The number of hydrogen-bond acceptors (Lipinski definition) is 5. The molecule has 0 bridgehead atoms. The number of aromatic hydroxyl groups is 1. The molecule has 1 aromatic carbocycles. The molecule has 0 aliphatic rings. The first kappa shape index (κ1) is 15.3. The average Bonchev–Trinajstić information content (AvgIpc) is 2.94. The number of ether oxygens (including phenoxy) is 1. The van der Waals surface area contributed by atoms with Gasteiger partial charge in [-0.15, -0.1) is 11.3 Å². The first-order valence-corrected chi connectivity index (χ1v) is 7.36. The summed E-state index contributed by atoms with van der Waals surface area (Å²) in [4.78, 5) is 12.1. The van der Waals surface area contributed by atoms with Crippen LogP contribution in [-0.4, -0.2) is 18.1 Å². The first-order valence-electron chi connectivity index (χ1n) is 6.48. The molecule has 0 saturated heterocycles. The summed E-state index contributed by atoms with van der Waals surface area (Å²) in [5.74, 6) is 0.499. The van der Waals surface area contributed by atoms with Crippen LogP contribution in [0.5, 0.6) is 11.5 Å². The normalized spacial score (nSPS) is 12.1. The standard InChI is InChI=1S/C15H18N2O3S/c1-9(13-6-11(20-2)3-4-14(13)18)17-7-12-5-10(8-21-12)15(16)19/h3-6,8-9,17-18H,7H2,1-2H3,(H2,16,19). The molecule has 0 aliphatic carbocycles. The van der Waals surface area contributed by atoms with Gasteiger partial charge in [0.25, 0.3) is 0 Å². The number of carbonyl (C=O) groups excluding carboxylic acids is 1. The van der Waals surface area contributed by atoms with Gasteiger partial charge in [-0.05, 0) is 31.2 Å². The van der Waals surface area contributed by atoms with Crippen LogP contribution in [0.1, 0.15) is 33.8 Å². The molecule has 0 spiro atoms. The molecule has 2 aromatic rings. The summed E-state index contributed by atoms with van der Waals surface area (Å²) < 4.78 is 5.16. The molecule has 0 radical (unpaired) electrons. The van der Waals surface area contributed by atoms with Gasteiger partial charge in [-0.3, -0.25) is 4.79 Å². The number of rotatable bonds is 6. The van der Waals surface area contributed by atoms with Crippen molar-refractivity contribution in [2.75, 3.05) is 7.11 Å². The fraction of sp³-hybridized carbons (Fsp3) is 0.267. The quantitative estimate of drug-likeness (QED) is 0.765. The number of amides is 1. The number of methoxy groups -OCH3 is 1. The van der Waals surface area contributed by atoms with Gasteiger partial charge >= 0.3 is 0 Å². The highest BCUT2D eigenvalue weighted by Crippen LogP contribution is 2.28. The number of nitrogens with two attached hydrogens (primary N) is 1. The molecule has 0 fully saturated rings. The lowest BCUT2D eigenvalue weighted by molar-refractivity contribution is 0.100. The van der Waals surface area contributed by atoms with Gasteiger partial charge in [0.05, 0.1) is 12.7 Å². The fourth-order valence-electron chi connectivity index (χ4n) is 1.97. The van der Waals surface area contributed by atoms with Gasteiger partial charge in [0.15, 0.2) is 0 Å². The highest BCUT2D eigenvalue weighted by Gasteiger charge is 2.12. The summed E-state index contributed by atoms with van der Waals surface area (Å²) in [5.41, 5.74) is 6.51. The average molecular weight is 306 g/mol. The van der Waals surface area contributed by atoms with Crippen LogP contribution in [-0.2, 0) is 6.54 Å². The molecule has 1 amide bonds. The van der Waals surface area contributed by atoms with Crippen LogP contribution in [0.2, 0.25) is 0 Å². The molecule has 112 valence electrons. The third-order valence-electron chi connectivity index (χ3n) is 3.22. The third kappa shape index (κ3) is 3.74. The second kappa shape index (κ2) is 6.60. The Balaban J connectivity index is 2.03. The summed E-state index contributed by atoms with van der Waals surface area (Å²) in [5, 5.41) is 15.0. The van der Waals surface area contributed by atoms with Crippen LogP contribution < -0.4 is 15.8 Å². The van der Waals surface area contributed by atoms with E-state index in [1.165, 1.54) is 11.3 Å². The number of phenols is 1. The molecule has 1 unspecified atom stereocenters. The Morgan fingerprint density at radius 1 is 1.48 bits per heavy atom. The van der Waals surface area contributed by atoms with Crippen molar-refractivity contribution >= 4 is 17.2 Å². The van der Waals surface area contributed by atoms with Crippen LogP contribution in [0.25, 0.3) is 0 Å². The van der Waals surface area contributed by atoms with E-state index in [4.69, 9.17) is 10.5 Å². The van der Waals surface area contributed by atoms with Crippen molar-refractivity contribution in [3.63, 3.8) is 0 Å². The predicted octanol–water partition coefficient (Wildman–Crippen LogP) is 2.41. The van der Waals surface area contributed by atoms with Gasteiger partial charge in [-0.25, -0.2) is 0 Å². The number of phenolic OH excluding ortho intramolecular Hbond substituents is 1. The molecule has 5 nitrogen and oxygen atoms in total. The smallest absolute Gasteiger partial charge is 0.249 e. The number of thiophene rings is 1. The van der Waals surface area contributed by atoms with Crippen molar-refractivity contribution in [1.82, 2.24) is 5.32 Å². The van der Waals surface area contributed by atoms with Gasteiger partial charge in [0.1, 0.15) is 11.5 Å². The van der Waals surface area contributed by atoms with Gasteiger partial charge in [0, 0.05) is 28.4 Å². The van der Waals surface area contributed by atoms with Crippen LogP contribution in [0.3, 0.4) is 0 Å². The minimum atomic E-state index is -0.420. The van der Waals surface area contributed by atoms with E-state index in [0.717, 1.165) is 10.4 Å². The summed E-state index contributed by atoms with van der Waals surface area (Å²) in [6, 6.07) is 6.85. The van der Waals surface area contributed by atoms with Crippen LogP contribution in [0, 0.1) is 0 Å². The Bertz CT molecular complexity index is 640. The SMILES string of the molecule is COc1ccc(O)c(C(C)NCc2cc(C(N)=O)cs2)c1. The number of primary amides is 1. The molecule has 1 atom stereocenters. The maximum absolute atomic E-state index is 11.1. The van der Waals surface area contributed by atoms with Gasteiger partial charge < -0.3 is 20.9 Å². The van der Waals surface area contributed by atoms with Crippen molar-refractivity contribution in [1.29, 1.82) is 0 Å². The first-order chi connectivity index (χ1) is 10.0. The molecule has 1 aromatic heterocycles. The predicted molar refractivity (Wildman–Crippen MR) is 82.8 cm³/mol. The lowest BCUT2D eigenvalue weighted by Gasteiger charge is -2.16. The van der Waals surface area contributed by atoms with Crippen molar-refractivity contribution in [2.45, 2.75) is 19.5 Å². The zero-order valence-electron chi connectivity index (χ0n) is 11.9. The fourth-order valence-corrected chi connectivity index (χ4v) is 2.80.